The molecular weight excluding hydrogens is 332 g/mol. The van der Waals surface area contributed by atoms with Crippen molar-refractivity contribution in [1.29, 1.82) is 0 Å². The lowest BCUT2D eigenvalue weighted by Gasteiger charge is -2.08. The summed E-state index contributed by atoms with van der Waals surface area (Å²) in [5, 5.41) is 0. The van der Waals surface area contributed by atoms with Gasteiger partial charge in [-0.2, -0.15) is 8.42 Å². The molecule has 0 saturated carbocycles. The lowest BCUT2D eigenvalue weighted by atomic mass is 10.1. The molecule has 2 aromatic rings. The van der Waals surface area contributed by atoms with Crippen molar-refractivity contribution in [3.63, 3.8) is 0 Å². The van der Waals surface area contributed by atoms with Crippen LogP contribution in [-0.4, -0.2) is 8.42 Å². The third kappa shape index (κ3) is 6.54. The number of unbranched alkanes of at least 4 members (excludes halogenated alkanes) is 5. The summed E-state index contributed by atoms with van der Waals surface area (Å²) in [7, 11) is -3.77. The van der Waals surface area contributed by atoms with Crippen LogP contribution in [0.5, 0.6) is 5.75 Å². The summed E-state index contributed by atoms with van der Waals surface area (Å²) in [6.07, 6.45) is 8.65. The molecule has 0 radical (unpaired) electrons. The van der Waals surface area contributed by atoms with E-state index in [1.54, 1.807) is 36.4 Å². The van der Waals surface area contributed by atoms with Crippen LogP contribution in [0.15, 0.2) is 53.4 Å². The minimum atomic E-state index is -3.77. The van der Waals surface area contributed by atoms with E-state index in [9.17, 15) is 8.42 Å². The molecule has 2 rings (SSSR count). The standard InChI is InChI=1S/C21H28O3S/c1-3-4-5-6-7-8-9-19-12-14-20(15-13-19)24-25(22,23)21-16-10-18(2)11-17-21/h10-17H,3-9H2,1-2H3. The molecule has 0 saturated heterocycles. The minimum Gasteiger partial charge on any atom is -0.379 e. The van der Waals surface area contributed by atoms with Gasteiger partial charge in [-0.25, -0.2) is 0 Å². The summed E-state index contributed by atoms with van der Waals surface area (Å²) >= 11 is 0. The van der Waals surface area contributed by atoms with Crippen molar-refractivity contribution in [2.24, 2.45) is 0 Å². The summed E-state index contributed by atoms with van der Waals surface area (Å²) in [5.74, 6) is 0.354. The molecular formula is C21H28O3S. The topological polar surface area (TPSA) is 43.4 Å². The maximum Gasteiger partial charge on any atom is 0.339 e. The molecule has 0 N–H and O–H groups in total. The average Bonchev–Trinajstić information content (AvgIpc) is 2.59. The van der Waals surface area contributed by atoms with Gasteiger partial charge in [-0.1, -0.05) is 68.9 Å². The second kappa shape index (κ2) is 9.62. The first kappa shape index (κ1) is 19.5. The Bertz CT molecular complexity index is 732. The molecule has 0 amide bonds. The SMILES string of the molecule is CCCCCCCCc1ccc(OS(=O)(=O)c2ccc(C)cc2)cc1. The molecule has 0 atom stereocenters. The molecule has 0 spiro atoms. The molecule has 136 valence electrons. The predicted octanol–water partition coefficient (Wildman–Crippen LogP) is 5.67. The van der Waals surface area contributed by atoms with E-state index >= 15 is 0 Å². The highest BCUT2D eigenvalue weighted by Crippen LogP contribution is 2.20. The first-order valence-corrected chi connectivity index (χ1v) is 10.5. The number of aryl methyl sites for hydroxylation is 2. The number of rotatable bonds is 10. The Morgan fingerprint density at radius 1 is 0.800 bits per heavy atom. The van der Waals surface area contributed by atoms with Gasteiger partial charge < -0.3 is 4.18 Å². The summed E-state index contributed by atoms with van der Waals surface area (Å²) in [6, 6.07) is 14.0. The highest BCUT2D eigenvalue weighted by atomic mass is 32.2. The molecule has 4 heteroatoms. The third-order valence-electron chi connectivity index (χ3n) is 4.26. The van der Waals surface area contributed by atoms with E-state index in [1.165, 1.54) is 44.1 Å². The Morgan fingerprint density at radius 3 is 2.04 bits per heavy atom. The van der Waals surface area contributed by atoms with Crippen molar-refractivity contribution in [2.75, 3.05) is 0 Å². The quantitative estimate of drug-likeness (QED) is 0.405. The smallest absolute Gasteiger partial charge is 0.339 e. The summed E-state index contributed by atoms with van der Waals surface area (Å²) in [5.41, 5.74) is 2.23. The third-order valence-corrected chi connectivity index (χ3v) is 5.52. The highest BCUT2D eigenvalue weighted by Gasteiger charge is 2.16. The van der Waals surface area contributed by atoms with Gasteiger partial charge in [-0.3, -0.25) is 0 Å². The van der Waals surface area contributed by atoms with E-state index in [1.807, 2.05) is 19.1 Å². The zero-order valence-corrected chi connectivity index (χ0v) is 16.0. The van der Waals surface area contributed by atoms with Crippen LogP contribution in [0.2, 0.25) is 0 Å². The fourth-order valence-corrected chi connectivity index (χ4v) is 3.63. The van der Waals surface area contributed by atoms with E-state index in [4.69, 9.17) is 4.18 Å². The van der Waals surface area contributed by atoms with Crippen LogP contribution in [0, 0.1) is 6.92 Å². The summed E-state index contributed by atoms with van der Waals surface area (Å²) < 4.78 is 29.8. The van der Waals surface area contributed by atoms with Gasteiger partial charge >= 0.3 is 10.1 Å². The van der Waals surface area contributed by atoms with E-state index < -0.39 is 10.1 Å². The van der Waals surface area contributed by atoms with Crippen molar-refractivity contribution in [3.8, 4) is 5.75 Å². The van der Waals surface area contributed by atoms with Gasteiger partial charge in [0, 0.05) is 0 Å². The van der Waals surface area contributed by atoms with Crippen LogP contribution in [0.4, 0.5) is 0 Å². The van der Waals surface area contributed by atoms with Gasteiger partial charge in [0.25, 0.3) is 0 Å². The normalized spacial score (nSPS) is 11.4. The average molecular weight is 361 g/mol. The second-order valence-electron chi connectivity index (χ2n) is 6.51. The Balaban J connectivity index is 1.86. The number of benzene rings is 2. The first-order valence-electron chi connectivity index (χ1n) is 9.11. The van der Waals surface area contributed by atoms with Gasteiger partial charge in [-0.05, 0) is 49.6 Å². The fraction of sp³-hybridized carbons (Fsp3) is 0.429. The maximum absolute atomic E-state index is 12.3. The van der Waals surface area contributed by atoms with Crippen molar-refractivity contribution >= 4 is 10.1 Å². The van der Waals surface area contributed by atoms with Gasteiger partial charge in [0.1, 0.15) is 10.6 Å². The van der Waals surface area contributed by atoms with E-state index in [0.29, 0.717) is 5.75 Å². The molecule has 0 heterocycles. The minimum absolute atomic E-state index is 0.175. The Labute approximate surface area is 152 Å². The molecule has 0 aliphatic heterocycles. The van der Waals surface area contributed by atoms with Crippen molar-refractivity contribution in [1.82, 2.24) is 0 Å². The fourth-order valence-electron chi connectivity index (χ4n) is 2.70. The molecule has 0 aromatic heterocycles. The Kier molecular flexibility index (Phi) is 7.51. The van der Waals surface area contributed by atoms with E-state index in [0.717, 1.165) is 12.0 Å². The van der Waals surface area contributed by atoms with Crippen LogP contribution < -0.4 is 4.18 Å². The Hall–Kier alpha value is -1.81. The van der Waals surface area contributed by atoms with E-state index in [-0.39, 0.29) is 4.90 Å². The van der Waals surface area contributed by atoms with Gasteiger partial charge in [0.2, 0.25) is 0 Å². The Morgan fingerprint density at radius 2 is 1.40 bits per heavy atom. The van der Waals surface area contributed by atoms with Crippen LogP contribution in [0.3, 0.4) is 0 Å². The van der Waals surface area contributed by atoms with Gasteiger partial charge in [0.15, 0.2) is 0 Å². The summed E-state index contributed by atoms with van der Waals surface area (Å²) in [6.45, 7) is 4.14. The lowest BCUT2D eigenvalue weighted by molar-refractivity contribution is 0.486. The molecule has 0 bridgehead atoms. The zero-order valence-electron chi connectivity index (χ0n) is 15.2. The molecule has 3 nitrogen and oxygen atoms in total. The molecule has 0 fully saturated rings. The maximum atomic E-state index is 12.3. The van der Waals surface area contributed by atoms with Crippen molar-refractivity contribution < 1.29 is 12.6 Å². The number of hydrogen-bond acceptors (Lipinski definition) is 3. The first-order chi connectivity index (χ1) is 12.0. The van der Waals surface area contributed by atoms with E-state index in [2.05, 4.69) is 6.92 Å². The zero-order chi connectivity index (χ0) is 18.1. The van der Waals surface area contributed by atoms with Gasteiger partial charge in [-0.15, -0.1) is 0 Å². The second-order valence-corrected chi connectivity index (χ2v) is 8.06. The van der Waals surface area contributed by atoms with Crippen LogP contribution >= 0.6 is 0 Å². The monoisotopic (exact) mass is 360 g/mol. The molecule has 0 aliphatic rings. The molecule has 0 aliphatic carbocycles. The molecule has 2 aromatic carbocycles. The summed E-state index contributed by atoms with van der Waals surface area (Å²) in [4.78, 5) is 0.175. The lowest BCUT2D eigenvalue weighted by Crippen LogP contribution is -2.09. The largest absolute Gasteiger partial charge is 0.379 e. The van der Waals surface area contributed by atoms with Crippen LogP contribution in [0.1, 0.15) is 56.6 Å². The molecule has 0 unspecified atom stereocenters. The van der Waals surface area contributed by atoms with Crippen molar-refractivity contribution in [3.05, 3.63) is 59.7 Å². The van der Waals surface area contributed by atoms with Crippen molar-refractivity contribution in [2.45, 2.75) is 63.7 Å². The van der Waals surface area contributed by atoms with Crippen LogP contribution in [-0.2, 0) is 16.5 Å². The molecule has 25 heavy (non-hydrogen) atoms. The predicted molar refractivity (Wildman–Crippen MR) is 103 cm³/mol. The highest BCUT2D eigenvalue weighted by molar-refractivity contribution is 7.87. The van der Waals surface area contributed by atoms with Crippen LogP contribution in [0.25, 0.3) is 0 Å². The van der Waals surface area contributed by atoms with Gasteiger partial charge in [0.05, 0.1) is 0 Å². The number of hydrogen-bond donors (Lipinski definition) is 0.